The third-order valence-corrected chi connectivity index (χ3v) is 8.33. The maximum Gasteiger partial charge on any atom is 0.244 e. The quantitative estimate of drug-likeness (QED) is 0.867. The SMILES string of the molecule is Cc1c(C)c(C)c(S(=O)(=O)N2C3CCNCC2CC3)c(C)c1C.Cl. The van der Waals surface area contributed by atoms with Crippen LogP contribution in [0.1, 0.15) is 47.1 Å². The highest BCUT2D eigenvalue weighted by atomic mass is 35.5. The van der Waals surface area contributed by atoms with Crippen LogP contribution in [0.2, 0.25) is 0 Å². The lowest BCUT2D eigenvalue weighted by atomic mass is 9.95. The number of halogens is 1. The van der Waals surface area contributed by atoms with E-state index in [0.717, 1.165) is 54.6 Å². The highest BCUT2D eigenvalue weighted by Gasteiger charge is 2.44. The molecule has 0 radical (unpaired) electrons. The second kappa shape index (κ2) is 6.94. The predicted molar refractivity (Wildman–Crippen MR) is 101 cm³/mol. The first-order valence-corrected chi connectivity index (χ1v) is 10.0. The van der Waals surface area contributed by atoms with Crippen LogP contribution in [0.3, 0.4) is 0 Å². The van der Waals surface area contributed by atoms with Crippen molar-refractivity contribution in [3.8, 4) is 0 Å². The van der Waals surface area contributed by atoms with Crippen LogP contribution in [0.15, 0.2) is 4.90 Å². The molecule has 2 bridgehead atoms. The second-order valence-corrected chi connectivity index (χ2v) is 8.95. The molecule has 136 valence electrons. The fraction of sp³-hybridized carbons (Fsp3) is 0.667. The third kappa shape index (κ3) is 2.90. The van der Waals surface area contributed by atoms with Crippen molar-refractivity contribution < 1.29 is 8.42 Å². The minimum atomic E-state index is -3.45. The summed E-state index contributed by atoms with van der Waals surface area (Å²) in [5, 5.41) is 3.39. The first-order chi connectivity index (χ1) is 10.8. The second-order valence-electron chi connectivity index (χ2n) is 7.17. The van der Waals surface area contributed by atoms with Gasteiger partial charge in [0.2, 0.25) is 10.0 Å². The first kappa shape index (κ1) is 19.7. The van der Waals surface area contributed by atoms with E-state index in [4.69, 9.17) is 0 Å². The van der Waals surface area contributed by atoms with Gasteiger partial charge in [-0.2, -0.15) is 4.31 Å². The van der Waals surface area contributed by atoms with Crippen LogP contribution in [0.25, 0.3) is 0 Å². The average Bonchev–Trinajstić information content (AvgIpc) is 2.77. The Bertz CT molecular complexity index is 703. The minimum absolute atomic E-state index is 0. The zero-order chi connectivity index (χ0) is 16.9. The van der Waals surface area contributed by atoms with Crippen LogP contribution in [-0.4, -0.2) is 37.9 Å². The Balaban J connectivity index is 0.00000208. The summed E-state index contributed by atoms with van der Waals surface area (Å²) in [4.78, 5) is 0.553. The molecule has 3 rings (SSSR count). The van der Waals surface area contributed by atoms with Crippen molar-refractivity contribution in [2.24, 2.45) is 0 Å². The van der Waals surface area contributed by atoms with E-state index in [-0.39, 0.29) is 24.5 Å². The topological polar surface area (TPSA) is 49.4 Å². The van der Waals surface area contributed by atoms with Crippen molar-refractivity contribution in [1.29, 1.82) is 0 Å². The van der Waals surface area contributed by atoms with E-state index in [1.54, 1.807) is 0 Å². The summed E-state index contributed by atoms with van der Waals surface area (Å²) in [5.41, 5.74) is 5.25. The van der Waals surface area contributed by atoms with Gasteiger partial charge in [-0.1, -0.05) is 0 Å². The van der Waals surface area contributed by atoms with Gasteiger partial charge in [0, 0.05) is 18.6 Å². The van der Waals surface area contributed by atoms with Crippen molar-refractivity contribution >= 4 is 22.4 Å². The molecule has 0 amide bonds. The normalized spacial score (nSPS) is 24.5. The Morgan fingerprint density at radius 2 is 1.33 bits per heavy atom. The van der Waals surface area contributed by atoms with Crippen LogP contribution < -0.4 is 5.32 Å². The van der Waals surface area contributed by atoms with E-state index in [1.165, 1.54) is 5.56 Å². The van der Waals surface area contributed by atoms with Crippen LogP contribution >= 0.6 is 12.4 Å². The summed E-state index contributed by atoms with van der Waals surface area (Å²) in [6.45, 7) is 11.8. The van der Waals surface area contributed by atoms with Crippen LogP contribution in [0.5, 0.6) is 0 Å². The van der Waals surface area contributed by atoms with Crippen molar-refractivity contribution in [3.05, 3.63) is 27.8 Å². The van der Waals surface area contributed by atoms with E-state index >= 15 is 0 Å². The van der Waals surface area contributed by atoms with Gasteiger partial charge in [-0.25, -0.2) is 8.42 Å². The maximum atomic E-state index is 13.6. The zero-order valence-corrected chi connectivity index (χ0v) is 16.9. The standard InChI is InChI=1S/C18H28N2O2S.ClH/c1-11-12(2)14(4)18(15(5)13(11)3)23(21,22)20-16-6-7-17(20)10-19-9-8-16;/h16-17,19H,6-10H2,1-5H3;1H. The van der Waals surface area contributed by atoms with E-state index in [2.05, 4.69) is 12.2 Å². The molecule has 4 nitrogen and oxygen atoms in total. The number of hydrogen-bond acceptors (Lipinski definition) is 3. The smallest absolute Gasteiger partial charge is 0.244 e. The number of nitrogens with one attached hydrogen (secondary N) is 1. The van der Waals surface area contributed by atoms with Crippen LogP contribution in [0.4, 0.5) is 0 Å². The molecule has 0 aromatic heterocycles. The van der Waals surface area contributed by atoms with E-state index < -0.39 is 10.0 Å². The summed E-state index contributed by atoms with van der Waals surface area (Å²) < 4.78 is 28.9. The molecule has 2 aliphatic rings. The minimum Gasteiger partial charge on any atom is -0.315 e. The molecule has 2 fully saturated rings. The van der Waals surface area contributed by atoms with Gasteiger partial charge in [-0.15, -0.1) is 12.4 Å². The molecule has 0 saturated carbocycles. The van der Waals surface area contributed by atoms with E-state index in [1.807, 2.05) is 32.0 Å². The van der Waals surface area contributed by atoms with Gasteiger partial charge in [0.15, 0.2) is 0 Å². The maximum absolute atomic E-state index is 13.6. The summed E-state index contributed by atoms with van der Waals surface area (Å²) in [5.74, 6) is 0. The van der Waals surface area contributed by atoms with E-state index in [9.17, 15) is 8.42 Å². The summed E-state index contributed by atoms with van der Waals surface area (Å²) in [6, 6.07) is 0.258. The molecule has 2 heterocycles. The Kier molecular flexibility index (Phi) is 5.70. The molecular formula is C18H29ClN2O2S. The van der Waals surface area contributed by atoms with E-state index in [0.29, 0.717) is 4.90 Å². The fourth-order valence-corrected chi connectivity index (χ4v) is 6.76. The lowest BCUT2D eigenvalue weighted by molar-refractivity contribution is 0.334. The number of sulfonamides is 1. The molecule has 2 saturated heterocycles. The lowest BCUT2D eigenvalue weighted by Gasteiger charge is -2.29. The lowest BCUT2D eigenvalue weighted by Crippen LogP contribution is -2.43. The Labute approximate surface area is 152 Å². The number of fused-ring (bicyclic) bond motifs is 2. The van der Waals surface area contributed by atoms with Crippen molar-refractivity contribution in [1.82, 2.24) is 9.62 Å². The molecule has 6 heteroatoms. The van der Waals surface area contributed by atoms with Gasteiger partial charge in [0.05, 0.1) is 4.90 Å². The number of nitrogens with zero attached hydrogens (tertiary/aromatic N) is 1. The molecule has 2 unspecified atom stereocenters. The van der Waals surface area contributed by atoms with Gasteiger partial charge in [-0.05, 0) is 88.2 Å². The molecule has 24 heavy (non-hydrogen) atoms. The Morgan fingerprint density at radius 3 is 1.92 bits per heavy atom. The molecule has 1 aromatic rings. The summed E-state index contributed by atoms with van der Waals surface area (Å²) >= 11 is 0. The van der Waals surface area contributed by atoms with Gasteiger partial charge < -0.3 is 5.32 Å². The number of rotatable bonds is 2. The van der Waals surface area contributed by atoms with Gasteiger partial charge in [0.1, 0.15) is 0 Å². The zero-order valence-electron chi connectivity index (χ0n) is 15.3. The summed E-state index contributed by atoms with van der Waals surface area (Å²) in [6.07, 6.45) is 2.88. The van der Waals surface area contributed by atoms with Crippen LogP contribution in [0, 0.1) is 34.6 Å². The molecule has 1 aromatic carbocycles. The van der Waals surface area contributed by atoms with Gasteiger partial charge >= 0.3 is 0 Å². The molecule has 1 N–H and O–H groups in total. The van der Waals surface area contributed by atoms with Crippen molar-refractivity contribution in [3.63, 3.8) is 0 Å². The molecule has 0 spiro atoms. The van der Waals surface area contributed by atoms with Crippen molar-refractivity contribution in [2.45, 2.75) is 70.9 Å². The number of hydrogen-bond donors (Lipinski definition) is 1. The number of benzene rings is 1. The Morgan fingerprint density at radius 1 is 0.833 bits per heavy atom. The largest absolute Gasteiger partial charge is 0.315 e. The Hall–Kier alpha value is -0.620. The van der Waals surface area contributed by atoms with Gasteiger partial charge in [0.25, 0.3) is 0 Å². The fourth-order valence-electron chi connectivity index (χ4n) is 4.29. The van der Waals surface area contributed by atoms with Gasteiger partial charge in [-0.3, -0.25) is 0 Å². The molecular weight excluding hydrogens is 344 g/mol. The highest BCUT2D eigenvalue weighted by molar-refractivity contribution is 7.89. The average molecular weight is 373 g/mol. The third-order valence-electron chi connectivity index (χ3n) is 6.05. The molecule has 2 atom stereocenters. The predicted octanol–water partition coefficient (Wildman–Crippen LogP) is 3.17. The van der Waals surface area contributed by atoms with Crippen LogP contribution in [-0.2, 0) is 10.0 Å². The highest BCUT2D eigenvalue weighted by Crippen LogP contribution is 2.38. The monoisotopic (exact) mass is 372 g/mol. The molecule has 2 aliphatic heterocycles. The first-order valence-electron chi connectivity index (χ1n) is 8.58. The van der Waals surface area contributed by atoms with Crippen molar-refractivity contribution in [2.75, 3.05) is 13.1 Å². The molecule has 0 aliphatic carbocycles. The summed E-state index contributed by atoms with van der Waals surface area (Å²) in [7, 11) is -3.45.